The standard InChI is InChI=1S/C12H25ClO/c1-3-5-6-8-12(4-2)11-14-10-7-9-13/h12H,3-11H2,1-2H3. The summed E-state index contributed by atoms with van der Waals surface area (Å²) in [6, 6.07) is 0. The summed E-state index contributed by atoms with van der Waals surface area (Å²) >= 11 is 5.57. The fourth-order valence-corrected chi connectivity index (χ4v) is 1.60. The van der Waals surface area contributed by atoms with Crippen molar-refractivity contribution in [3.63, 3.8) is 0 Å². The number of ether oxygens (including phenoxy) is 1. The normalized spacial score (nSPS) is 13.1. The molecule has 0 radical (unpaired) electrons. The number of unbranched alkanes of at least 4 members (excludes halogenated alkanes) is 2. The van der Waals surface area contributed by atoms with E-state index in [1.165, 1.54) is 32.1 Å². The van der Waals surface area contributed by atoms with E-state index < -0.39 is 0 Å². The number of hydrogen-bond acceptors (Lipinski definition) is 1. The molecule has 0 N–H and O–H groups in total. The zero-order chi connectivity index (χ0) is 10.6. The Morgan fingerprint density at radius 3 is 2.50 bits per heavy atom. The molecule has 14 heavy (non-hydrogen) atoms. The van der Waals surface area contributed by atoms with Crippen molar-refractivity contribution in [1.82, 2.24) is 0 Å². The minimum Gasteiger partial charge on any atom is -0.381 e. The second-order valence-electron chi connectivity index (χ2n) is 3.89. The van der Waals surface area contributed by atoms with E-state index in [1.807, 2.05) is 0 Å². The third-order valence-electron chi connectivity index (χ3n) is 2.57. The summed E-state index contributed by atoms with van der Waals surface area (Å²) in [4.78, 5) is 0. The van der Waals surface area contributed by atoms with E-state index in [-0.39, 0.29) is 0 Å². The second kappa shape index (κ2) is 11.3. The molecule has 1 unspecified atom stereocenters. The van der Waals surface area contributed by atoms with E-state index >= 15 is 0 Å². The van der Waals surface area contributed by atoms with Crippen LogP contribution >= 0.6 is 11.6 Å². The molecule has 0 aromatic heterocycles. The number of alkyl halides is 1. The van der Waals surface area contributed by atoms with Gasteiger partial charge >= 0.3 is 0 Å². The highest BCUT2D eigenvalue weighted by Crippen LogP contribution is 2.13. The monoisotopic (exact) mass is 220 g/mol. The van der Waals surface area contributed by atoms with Gasteiger partial charge in [-0.3, -0.25) is 0 Å². The quantitative estimate of drug-likeness (QED) is 0.395. The smallest absolute Gasteiger partial charge is 0.0494 e. The average molecular weight is 221 g/mol. The van der Waals surface area contributed by atoms with Crippen LogP contribution in [0.1, 0.15) is 52.4 Å². The lowest BCUT2D eigenvalue weighted by atomic mass is 10.00. The van der Waals surface area contributed by atoms with Crippen LogP contribution in [0.2, 0.25) is 0 Å². The molecule has 0 aromatic rings. The summed E-state index contributed by atoms with van der Waals surface area (Å²) in [5.74, 6) is 1.48. The lowest BCUT2D eigenvalue weighted by Crippen LogP contribution is -2.09. The molecule has 0 aliphatic heterocycles. The van der Waals surface area contributed by atoms with Crippen LogP contribution in [0.25, 0.3) is 0 Å². The Morgan fingerprint density at radius 1 is 1.14 bits per heavy atom. The molecule has 1 atom stereocenters. The van der Waals surface area contributed by atoms with Crippen LogP contribution < -0.4 is 0 Å². The highest BCUT2D eigenvalue weighted by molar-refractivity contribution is 6.17. The third-order valence-corrected chi connectivity index (χ3v) is 2.84. The van der Waals surface area contributed by atoms with E-state index in [0.717, 1.165) is 25.6 Å². The predicted octanol–water partition coefficient (Wildman–Crippen LogP) is 4.24. The van der Waals surface area contributed by atoms with Gasteiger partial charge in [-0.15, -0.1) is 11.6 Å². The Balaban J connectivity index is 3.28. The molecule has 0 amide bonds. The van der Waals surface area contributed by atoms with Gasteiger partial charge in [0.05, 0.1) is 0 Å². The molecule has 0 heterocycles. The first kappa shape index (κ1) is 14.2. The van der Waals surface area contributed by atoms with E-state index in [4.69, 9.17) is 16.3 Å². The molecular formula is C12H25ClO. The molecule has 0 spiro atoms. The van der Waals surface area contributed by atoms with Gasteiger partial charge in [-0.05, 0) is 18.8 Å². The minimum atomic E-state index is 0.715. The summed E-state index contributed by atoms with van der Waals surface area (Å²) in [7, 11) is 0. The van der Waals surface area contributed by atoms with Gasteiger partial charge in [0.1, 0.15) is 0 Å². The van der Waals surface area contributed by atoms with Gasteiger partial charge in [0, 0.05) is 19.1 Å². The van der Waals surface area contributed by atoms with Crippen molar-refractivity contribution in [2.45, 2.75) is 52.4 Å². The zero-order valence-corrected chi connectivity index (χ0v) is 10.5. The first-order chi connectivity index (χ1) is 6.85. The van der Waals surface area contributed by atoms with Crippen LogP contribution in [-0.2, 0) is 4.74 Å². The molecule has 2 heteroatoms. The molecule has 86 valence electrons. The molecule has 0 bridgehead atoms. The van der Waals surface area contributed by atoms with Crippen molar-refractivity contribution in [3.8, 4) is 0 Å². The van der Waals surface area contributed by atoms with Crippen LogP contribution in [0.5, 0.6) is 0 Å². The highest BCUT2D eigenvalue weighted by Gasteiger charge is 2.05. The Kier molecular flexibility index (Phi) is 11.5. The van der Waals surface area contributed by atoms with Gasteiger partial charge in [0.25, 0.3) is 0 Å². The van der Waals surface area contributed by atoms with Crippen LogP contribution in [0, 0.1) is 5.92 Å². The fraction of sp³-hybridized carbons (Fsp3) is 1.00. The zero-order valence-electron chi connectivity index (χ0n) is 9.73. The van der Waals surface area contributed by atoms with E-state index in [9.17, 15) is 0 Å². The minimum absolute atomic E-state index is 0.715. The maximum Gasteiger partial charge on any atom is 0.0494 e. The van der Waals surface area contributed by atoms with Crippen molar-refractivity contribution >= 4 is 11.6 Å². The van der Waals surface area contributed by atoms with Gasteiger partial charge in [0.15, 0.2) is 0 Å². The van der Waals surface area contributed by atoms with Gasteiger partial charge in [0.2, 0.25) is 0 Å². The van der Waals surface area contributed by atoms with Crippen molar-refractivity contribution in [2.24, 2.45) is 5.92 Å². The van der Waals surface area contributed by atoms with E-state index in [2.05, 4.69) is 13.8 Å². The molecule has 0 saturated heterocycles. The first-order valence-corrected chi connectivity index (χ1v) is 6.52. The summed E-state index contributed by atoms with van der Waals surface area (Å²) in [6.45, 7) is 6.25. The topological polar surface area (TPSA) is 9.23 Å². The Morgan fingerprint density at radius 2 is 1.93 bits per heavy atom. The Hall–Kier alpha value is 0.250. The summed E-state index contributed by atoms with van der Waals surface area (Å²) < 4.78 is 5.57. The number of halogens is 1. The molecule has 0 saturated carbocycles. The summed E-state index contributed by atoms with van der Waals surface area (Å²) in [6.07, 6.45) is 7.57. The maximum absolute atomic E-state index is 5.57. The SMILES string of the molecule is CCCCCC(CC)COCCCCl. The molecule has 0 aliphatic rings. The van der Waals surface area contributed by atoms with Crippen molar-refractivity contribution in [3.05, 3.63) is 0 Å². The van der Waals surface area contributed by atoms with Crippen molar-refractivity contribution in [2.75, 3.05) is 19.1 Å². The Bertz CT molecular complexity index is 106. The fourth-order valence-electron chi connectivity index (χ4n) is 1.49. The lowest BCUT2D eigenvalue weighted by molar-refractivity contribution is 0.0947. The molecule has 1 nitrogen and oxygen atoms in total. The van der Waals surface area contributed by atoms with E-state index in [0.29, 0.717) is 5.88 Å². The lowest BCUT2D eigenvalue weighted by Gasteiger charge is -2.14. The molecular weight excluding hydrogens is 196 g/mol. The van der Waals surface area contributed by atoms with Crippen LogP contribution in [0.15, 0.2) is 0 Å². The number of rotatable bonds is 10. The maximum atomic E-state index is 5.57. The number of hydrogen-bond donors (Lipinski definition) is 0. The summed E-state index contributed by atoms with van der Waals surface area (Å²) in [5, 5.41) is 0. The summed E-state index contributed by atoms with van der Waals surface area (Å²) in [5.41, 5.74) is 0. The second-order valence-corrected chi connectivity index (χ2v) is 4.27. The van der Waals surface area contributed by atoms with Crippen LogP contribution in [0.3, 0.4) is 0 Å². The van der Waals surface area contributed by atoms with Crippen LogP contribution in [-0.4, -0.2) is 19.1 Å². The van der Waals surface area contributed by atoms with E-state index in [1.54, 1.807) is 0 Å². The largest absolute Gasteiger partial charge is 0.381 e. The van der Waals surface area contributed by atoms with Gasteiger partial charge in [-0.2, -0.15) is 0 Å². The predicted molar refractivity (Wildman–Crippen MR) is 64.1 cm³/mol. The Labute approximate surface area is 94.2 Å². The average Bonchev–Trinajstić information content (AvgIpc) is 2.22. The van der Waals surface area contributed by atoms with Gasteiger partial charge < -0.3 is 4.74 Å². The highest BCUT2D eigenvalue weighted by atomic mass is 35.5. The third kappa shape index (κ3) is 8.83. The van der Waals surface area contributed by atoms with Crippen molar-refractivity contribution in [1.29, 1.82) is 0 Å². The molecule has 0 fully saturated rings. The molecule has 0 rings (SSSR count). The van der Waals surface area contributed by atoms with Crippen molar-refractivity contribution < 1.29 is 4.74 Å². The molecule has 0 aliphatic carbocycles. The van der Waals surface area contributed by atoms with Gasteiger partial charge in [-0.25, -0.2) is 0 Å². The molecule has 0 aromatic carbocycles. The van der Waals surface area contributed by atoms with Crippen LogP contribution in [0.4, 0.5) is 0 Å². The first-order valence-electron chi connectivity index (χ1n) is 5.98. The van der Waals surface area contributed by atoms with Gasteiger partial charge in [-0.1, -0.05) is 39.5 Å².